The predicted molar refractivity (Wildman–Crippen MR) is 49.4 cm³/mol. The van der Waals surface area contributed by atoms with E-state index in [1.54, 1.807) is 0 Å². The Balaban J connectivity index is 1.62. The minimum atomic E-state index is 0.635. The van der Waals surface area contributed by atoms with Gasteiger partial charge in [0.05, 0.1) is 13.2 Å². The first-order valence-electron chi connectivity index (χ1n) is 4.96. The molecule has 0 amide bonds. The van der Waals surface area contributed by atoms with Crippen LogP contribution in [0.4, 0.5) is 0 Å². The lowest BCUT2D eigenvalue weighted by Crippen LogP contribution is -2.29. The number of ether oxygens (including phenoxy) is 1. The van der Waals surface area contributed by atoms with Gasteiger partial charge in [0.25, 0.3) is 0 Å². The summed E-state index contributed by atoms with van der Waals surface area (Å²) in [6.45, 7) is 3.43. The van der Waals surface area contributed by atoms with Crippen molar-refractivity contribution in [3.8, 4) is 0 Å². The smallest absolute Gasteiger partial charge is 0.188 e. The van der Waals surface area contributed by atoms with E-state index in [0.29, 0.717) is 18.3 Å². The van der Waals surface area contributed by atoms with Gasteiger partial charge in [0.2, 0.25) is 0 Å². The minimum absolute atomic E-state index is 0.635. The Morgan fingerprint density at radius 2 is 2.57 bits per heavy atom. The lowest BCUT2D eigenvalue weighted by Gasteiger charge is -2.21. The fourth-order valence-electron chi connectivity index (χ4n) is 1.61. The molecule has 1 atom stereocenters. The summed E-state index contributed by atoms with van der Waals surface area (Å²) in [7, 11) is 0. The number of hydrogen-bond acceptors (Lipinski definition) is 5. The normalized spacial score (nSPS) is 22.4. The Labute approximate surface area is 82.4 Å². The van der Waals surface area contributed by atoms with Crippen LogP contribution >= 0.6 is 0 Å². The summed E-state index contributed by atoms with van der Waals surface area (Å²) in [5, 5.41) is 16.9. The van der Waals surface area contributed by atoms with Crippen molar-refractivity contribution in [1.82, 2.24) is 25.9 Å². The molecule has 14 heavy (non-hydrogen) atoms. The van der Waals surface area contributed by atoms with Crippen LogP contribution in [0.15, 0.2) is 0 Å². The molecule has 1 aromatic rings. The molecule has 2 rings (SSSR count). The van der Waals surface area contributed by atoms with Gasteiger partial charge in [0.1, 0.15) is 0 Å². The molecule has 1 fully saturated rings. The molecule has 1 aliphatic rings. The van der Waals surface area contributed by atoms with E-state index in [1.807, 2.05) is 0 Å². The molecule has 78 valence electrons. The van der Waals surface area contributed by atoms with Gasteiger partial charge in [-0.2, -0.15) is 5.21 Å². The van der Waals surface area contributed by atoms with E-state index in [-0.39, 0.29) is 0 Å². The third-order valence-electron chi connectivity index (χ3n) is 2.36. The van der Waals surface area contributed by atoms with Crippen molar-refractivity contribution in [1.29, 1.82) is 0 Å². The molecule has 1 aromatic heterocycles. The van der Waals surface area contributed by atoms with Gasteiger partial charge in [-0.3, -0.25) is 0 Å². The zero-order valence-electron chi connectivity index (χ0n) is 8.07. The number of hydrogen-bond donors (Lipinski definition) is 2. The maximum atomic E-state index is 5.38. The second kappa shape index (κ2) is 5.02. The molecule has 6 nitrogen and oxygen atoms in total. The number of aromatic nitrogens is 4. The number of H-pyrrole nitrogens is 1. The van der Waals surface area contributed by atoms with E-state index in [9.17, 15) is 0 Å². The molecule has 0 spiro atoms. The Hall–Kier alpha value is -1.01. The largest absolute Gasteiger partial charge is 0.381 e. The van der Waals surface area contributed by atoms with Crippen molar-refractivity contribution in [3.63, 3.8) is 0 Å². The van der Waals surface area contributed by atoms with Crippen molar-refractivity contribution in [2.24, 2.45) is 5.92 Å². The van der Waals surface area contributed by atoms with Crippen LogP contribution in [0.5, 0.6) is 0 Å². The van der Waals surface area contributed by atoms with Crippen molar-refractivity contribution in [2.45, 2.75) is 19.4 Å². The number of tetrazole rings is 1. The lowest BCUT2D eigenvalue weighted by atomic mass is 10.0. The van der Waals surface area contributed by atoms with Crippen LogP contribution in [0.2, 0.25) is 0 Å². The van der Waals surface area contributed by atoms with E-state index in [4.69, 9.17) is 4.74 Å². The summed E-state index contributed by atoms with van der Waals surface area (Å²) in [4.78, 5) is 0. The van der Waals surface area contributed by atoms with Crippen LogP contribution in [-0.4, -0.2) is 40.4 Å². The Morgan fingerprint density at radius 1 is 1.57 bits per heavy atom. The monoisotopic (exact) mass is 197 g/mol. The van der Waals surface area contributed by atoms with Gasteiger partial charge in [-0.05, 0) is 18.8 Å². The molecule has 2 N–H and O–H groups in total. The summed E-state index contributed by atoms with van der Waals surface area (Å²) < 4.78 is 5.38. The van der Waals surface area contributed by atoms with E-state index in [0.717, 1.165) is 19.8 Å². The topological polar surface area (TPSA) is 75.7 Å². The number of aromatic amines is 1. The quantitative estimate of drug-likeness (QED) is 0.694. The maximum absolute atomic E-state index is 5.38. The first-order valence-corrected chi connectivity index (χ1v) is 4.96. The fraction of sp³-hybridized carbons (Fsp3) is 0.875. The zero-order chi connectivity index (χ0) is 9.64. The highest BCUT2D eigenvalue weighted by Crippen LogP contribution is 2.11. The van der Waals surface area contributed by atoms with Gasteiger partial charge in [0.15, 0.2) is 5.82 Å². The van der Waals surface area contributed by atoms with Gasteiger partial charge >= 0.3 is 0 Å². The first-order chi connectivity index (χ1) is 6.95. The average Bonchev–Trinajstić information content (AvgIpc) is 2.72. The fourth-order valence-corrected chi connectivity index (χ4v) is 1.61. The van der Waals surface area contributed by atoms with Crippen molar-refractivity contribution in [2.75, 3.05) is 19.8 Å². The summed E-state index contributed by atoms with van der Waals surface area (Å²) in [5.41, 5.74) is 0. The molecule has 1 saturated heterocycles. The molecule has 0 aliphatic carbocycles. The average molecular weight is 197 g/mol. The molecule has 1 unspecified atom stereocenters. The van der Waals surface area contributed by atoms with Crippen molar-refractivity contribution < 1.29 is 4.74 Å². The molecule has 1 aliphatic heterocycles. The van der Waals surface area contributed by atoms with E-state index < -0.39 is 0 Å². The number of nitrogens with zero attached hydrogens (tertiary/aromatic N) is 3. The highest BCUT2D eigenvalue weighted by molar-refractivity contribution is 4.75. The van der Waals surface area contributed by atoms with Crippen molar-refractivity contribution in [3.05, 3.63) is 5.82 Å². The molecule has 0 saturated carbocycles. The summed E-state index contributed by atoms with van der Waals surface area (Å²) in [6, 6.07) is 0. The minimum Gasteiger partial charge on any atom is -0.381 e. The first kappa shape index (κ1) is 9.54. The second-order valence-electron chi connectivity index (χ2n) is 3.54. The van der Waals surface area contributed by atoms with Gasteiger partial charge in [-0.15, -0.1) is 10.2 Å². The summed E-state index contributed by atoms with van der Waals surface area (Å²) >= 11 is 0. The van der Waals surface area contributed by atoms with Gasteiger partial charge in [-0.1, -0.05) is 5.21 Å². The van der Waals surface area contributed by atoms with Crippen LogP contribution < -0.4 is 5.32 Å². The van der Waals surface area contributed by atoms with Gasteiger partial charge in [0, 0.05) is 13.2 Å². The summed E-state index contributed by atoms with van der Waals surface area (Å²) in [6.07, 6.45) is 2.42. The van der Waals surface area contributed by atoms with Crippen LogP contribution in [0.25, 0.3) is 0 Å². The van der Waals surface area contributed by atoms with Crippen LogP contribution in [0, 0.1) is 5.92 Å². The second-order valence-corrected chi connectivity index (χ2v) is 3.54. The van der Waals surface area contributed by atoms with Crippen LogP contribution in [-0.2, 0) is 11.3 Å². The SMILES string of the molecule is C1COCC(CNCc2nn[nH]n2)C1. The molecule has 0 bridgehead atoms. The third kappa shape index (κ3) is 2.74. The molecule has 0 radical (unpaired) electrons. The van der Waals surface area contributed by atoms with Crippen LogP contribution in [0.1, 0.15) is 18.7 Å². The molecule has 6 heteroatoms. The van der Waals surface area contributed by atoms with E-state index >= 15 is 0 Å². The Kier molecular flexibility index (Phi) is 3.42. The maximum Gasteiger partial charge on any atom is 0.188 e. The third-order valence-corrected chi connectivity index (χ3v) is 2.36. The number of rotatable bonds is 4. The molecule has 2 heterocycles. The molecular formula is C8H15N5O. The molecule has 0 aromatic carbocycles. The van der Waals surface area contributed by atoms with Crippen LogP contribution in [0.3, 0.4) is 0 Å². The van der Waals surface area contributed by atoms with Gasteiger partial charge < -0.3 is 10.1 Å². The molecular weight excluding hydrogens is 182 g/mol. The lowest BCUT2D eigenvalue weighted by molar-refractivity contribution is 0.0547. The van der Waals surface area contributed by atoms with Crippen molar-refractivity contribution >= 4 is 0 Å². The predicted octanol–water partition coefficient (Wildman–Crippen LogP) is -0.284. The summed E-state index contributed by atoms with van der Waals surface area (Å²) in [5.74, 6) is 1.34. The Bertz CT molecular complexity index is 244. The standard InChI is InChI=1S/C8H15N5O/c1-2-7(6-14-3-1)4-9-5-8-10-12-13-11-8/h7,9H,1-6H2,(H,10,11,12,13). The highest BCUT2D eigenvalue weighted by atomic mass is 16.5. The van der Waals surface area contributed by atoms with E-state index in [1.165, 1.54) is 12.8 Å². The van der Waals surface area contributed by atoms with Gasteiger partial charge in [-0.25, -0.2) is 0 Å². The Morgan fingerprint density at radius 3 is 3.29 bits per heavy atom. The highest BCUT2D eigenvalue weighted by Gasteiger charge is 2.13. The number of nitrogens with one attached hydrogen (secondary N) is 2. The zero-order valence-corrected chi connectivity index (χ0v) is 8.07. The van der Waals surface area contributed by atoms with E-state index in [2.05, 4.69) is 25.9 Å².